The molecule has 1 N–H and O–H groups in total. The predicted molar refractivity (Wildman–Crippen MR) is 57.3 cm³/mol. The summed E-state index contributed by atoms with van der Waals surface area (Å²) in [7, 11) is 0. The Bertz CT molecular complexity index is 159. The predicted octanol–water partition coefficient (Wildman–Crippen LogP) is 1.51. The van der Waals surface area contributed by atoms with E-state index in [1.165, 1.54) is 24.3 Å². The Morgan fingerprint density at radius 1 is 1.38 bits per heavy atom. The maximum Gasteiger partial charge on any atom is 0.0510 e. The van der Waals surface area contributed by atoms with Gasteiger partial charge >= 0.3 is 0 Å². The van der Waals surface area contributed by atoms with Gasteiger partial charge in [0, 0.05) is 30.4 Å². The molecule has 3 unspecified atom stereocenters. The maximum absolute atomic E-state index is 5.44. The minimum atomic E-state index is 0.695. The summed E-state index contributed by atoms with van der Waals surface area (Å²) in [4.78, 5) is 0. The Hall–Kier alpha value is 0.270. The van der Waals surface area contributed by atoms with Gasteiger partial charge < -0.3 is 10.1 Å². The molecule has 2 nitrogen and oxygen atoms in total. The van der Waals surface area contributed by atoms with Gasteiger partial charge in [-0.05, 0) is 25.5 Å². The fraction of sp³-hybridized carbons (Fsp3) is 1.00. The fourth-order valence-corrected chi connectivity index (χ4v) is 3.42. The van der Waals surface area contributed by atoms with E-state index < -0.39 is 0 Å². The zero-order valence-electron chi connectivity index (χ0n) is 8.29. The molecular weight excluding hydrogens is 182 g/mol. The van der Waals surface area contributed by atoms with Gasteiger partial charge in [0.2, 0.25) is 0 Å². The number of thioether (sulfide) groups is 1. The first-order valence-electron chi connectivity index (χ1n) is 5.28. The molecule has 0 aromatic rings. The fourth-order valence-electron chi connectivity index (χ4n) is 2.11. The number of nitrogens with one attached hydrogen (secondary N) is 1. The van der Waals surface area contributed by atoms with Crippen molar-refractivity contribution in [3.63, 3.8) is 0 Å². The van der Waals surface area contributed by atoms with Gasteiger partial charge in [-0.3, -0.25) is 0 Å². The van der Waals surface area contributed by atoms with E-state index in [-0.39, 0.29) is 0 Å². The van der Waals surface area contributed by atoms with E-state index in [2.05, 4.69) is 24.0 Å². The van der Waals surface area contributed by atoms with Gasteiger partial charge in [-0.1, -0.05) is 0 Å². The Morgan fingerprint density at radius 3 is 3.08 bits per heavy atom. The highest BCUT2D eigenvalue weighted by molar-refractivity contribution is 7.99. The lowest BCUT2D eigenvalue weighted by atomic mass is 9.99. The van der Waals surface area contributed by atoms with Crippen LogP contribution in [-0.2, 0) is 4.74 Å². The lowest BCUT2D eigenvalue weighted by Gasteiger charge is -2.23. The molecule has 76 valence electrons. The summed E-state index contributed by atoms with van der Waals surface area (Å²) in [6.45, 7) is 4.25. The third kappa shape index (κ3) is 2.61. The number of rotatable bonds is 1. The topological polar surface area (TPSA) is 21.3 Å². The van der Waals surface area contributed by atoms with E-state index >= 15 is 0 Å². The van der Waals surface area contributed by atoms with Crippen molar-refractivity contribution in [1.82, 2.24) is 5.32 Å². The van der Waals surface area contributed by atoms with Crippen LogP contribution in [0.5, 0.6) is 0 Å². The molecule has 0 radical (unpaired) electrons. The van der Waals surface area contributed by atoms with Crippen molar-refractivity contribution in [2.45, 2.75) is 31.8 Å². The van der Waals surface area contributed by atoms with Crippen molar-refractivity contribution in [3.05, 3.63) is 0 Å². The Morgan fingerprint density at radius 2 is 2.31 bits per heavy atom. The largest absolute Gasteiger partial charge is 0.381 e. The van der Waals surface area contributed by atoms with Crippen molar-refractivity contribution in [3.8, 4) is 0 Å². The first-order chi connectivity index (χ1) is 6.36. The summed E-state index contributed by atoms with van der Waals surface area (Å²) in [5.41, 5.74) is 0. The van der Waals surface area contributed by atoms with Gasteiger partial charge in [-0.15, -0.1) is 0 Å². The number of ether oxygens (including phenoxy) is 1. The molecule has 0 spiro atoms. The Kier molecular flexibility index (Phi) is 3.52. The normalized spacial score (nSPS) is 41.8. The van der Waals surface area contributed by atoms with Gasteiger partial charge in [-0.2, -0.15) is 11.8 Å². The molecule has 0 amide bonds. The monoisotopic (exact) mass is 201 g/mol. The van der Waals surface area contributed by atoms with E-state index in [1.807, 2.05) is 0 Å². The molecule has 13 heavy (non-hydrogen) atoms. The van der Waals surface area contributed by atoms with Gasteiger partial charge in [-0.25, -0.2) is 0 Å². The van der Waals surface area contributed by atoms with E-state index in [9.17, 15) is 0 Å². The first kappa shape index (κ1) is 9.81. The molecule has 2 saturated heterocycles. The quantitative estimate of drug-likeness (QED) is 0.695. The van der Waals surface area contributed by atoms with Crippen LogP contribution < -0.4 is 5.32 Å². The second-order valence-corrected chi connectivity index (χ2v) is 5.31. The molecule has 0 saturated carbocycles. The minimum Gasteiger partial charge on any atom is -0.381 e. The van der Waals surface area contributed by atoms with Crippen LogP contribution in [0.2, 0.25) is 0 Å². The summed E-state index contributed by atoms with van der Waals surface area (Å²) in [6, 6.07) is 1.39. The average molecular weight is 201 g/mol. The van der Waals surface area contributed by atoms with Crippen LogP contribution >= 0.6 is 11.8 Å². The Balaban J connectivity index is 1.88. The number of hydrogen-bond acceptors (Lipinski definition) is 3. The Labute approximate surface area is 84.8 Å². The van der Waals surface area contributed by atoms with Crippen molar-refractivity contribution in [2.24, 2.45) is 5.92 Å². The second kappa shape index (κ2) is 4.67. The van der Waals surface area contributed by atoms with E-state index in [4.69, 9.17) is 4.74 Å². The summed E-state index contributed by atoms with van der Waals surface area (Å²) in [5.74, 6) is 3.37. The molecule has 0 aromatic heterocycles. The van der Waals surface area contributed by atoms with Gasteiger partial charge in [0.25, 0.3) is 0 Å². The molecule has 0 aliphatic carbocycles. The zero-order valence-corrected chi connectivity index (χ0v) is 9.11. The molecular formula is C10H19NOS. The molecule has 3 atom stereocenters. The van der Waals surface area contributed by atoms with Crippen LogP contribution in [-0.4, -0.2) is 36.8 Å². The zero-order chi connectivity index (χ0) is 9.10. The third-order valence-corrected chi connectivity index (χ3v) is 4.14. The SMILES string of the molecule is CC1CCSCC(C2CCOC2)N1. The van der Waals surface area contributed by atoms with Crippen molar-refractivity contribution in [1.29, 1.82) is 0 Å². The van der Waals surface area contributed by atoms with E-state index in [0.717, 1.165) is 19.1 Å². The van der Waals surface area contributed by atoms with E-state index in [0.29, 0.717) is 12.1 Å². The molecule has 0 aromatic carbocycles. The highest BCUT2D eigenvalue weighted by Gasteiger charge is 2.27. The average Bonchev–Trinajstić information content (AvgIpc) is 2.56. The van der Waals surface area contributed by atoms with Gasteiger partial charge in [0.15, 0.2) is 0 Å². The second-order valence-electron chi connectivity index (χ2n) is 4.16. The van der Waals surface area contributed by atoms with E-state index in [1.54, 1.807) is 0 Å². The van der Waals surface area contributed by atoms with Crippen LogP contribution in [0, 0.1) is 5.92 Å². The first-order valence-corrected chi connectivity index (χ1v) is 6.43. The van der Waals surface area contributed by atoms with Crippen molar-refractivity contribution >= 4 is 11.8 Å². The van der Waals surface area contributed by atoms with Crippen LogP contribution in [0.25, 0.3) is 0 Å². The summed E-state index contributed by atoms with van der Waals surface area (Å²) < 4.78 is 5.44. The standard InChI is InChI=1S/C10H19NOS/c1-8-3-5-13-7-10(11-8)9-2-4-12-6-9/h8-11H,2-7H2,1H3. The highest BCUT2D eigenvalue weighted by atomic mass is 32.2. The van der Waals surface area contributed by atoms with Crippen molar-refractivity contribution < 1.29 is 4.74 Å². The smallest absolute Gasteiger partial charge is 0.0510 e. The molecule has 0 bridgehead atoms. The van der Waals surface area contributed by atoms with Crippen LogP contribution in [0.4, 0.5) is 0 Å². The molecule has 3 heteroatoms. The molecule has 2 aliphatic heterocycles. The summed E-state index contributed by atoms with van der Waals surface area (Å²) >= 11 is 2.10. The van der Waals surface area contributed by atoms with Crippen LogP contribution in [0.3, 0.4) is 0 Å². The van der Waals surface area contributed by atoms with Crippen LogP contribution in [0.1, 0.15) is 19.8 Å². The highest BCUT2D eigenvalue weighted by Crippen LogP contribution is 2.23. The van der Waals surface area contributed by atoms with Gasteiger partial charge in [0.1, 0.15) is 0 Å². The third-order valence-electron chi connectivity index (χ3n) is 3.03. The summed E-state index contributed by atoms with van der Waals surface area (Å²) in [6.07, 6.45) is 2.57. The molecule has 2 heterocycles. The molecule has 2 fully saturated rings. The van der Waals surface area contributed by atoms with Crippen LogP contribution in [0.15, 0.2) is 0 Å². The minimum absolute atomic E-state index is 0.695. The molecule has 2 aliphatic rings. The summed E-state index contributed by atoms with van der Waals surface area (Å²) in [5, 5.41) is 3.72. The lowest BCUT2D eigenvalue weighted by molar-refractivity contribution is 0.177. The van der Waals surface area contributed by atoms with Crippen molar-refractivity contribution in [2.75, 3.05) is 24.7 Å². The lowest BCUT2D eigenvalue weighted by Crippen LogP contribution is -2.42. The molecule has 2 rings (SSSR count). The van der Waals surface area contributed by atoms with Gasteiger partial charge in [0.05, 0.1) is 6.61 Å². The number of hydrogen-bond donors (Lipinski definition) is 1. The maximum atomic E-state index is 5.44.